The minimum atomic E-state index is -2.00. The molecule has 0 heterocycles. The van der Waals surface area contributed by atoms with Crippen LogP contribution in [0, 0.1) is 11.8 Å². The maximum Gasteiger partial charge on any atom is 0.332 e. The lowest BCUT2D eigenvalue weighted by atomic mass is 10.2. The number of unbranched alkanes of at least 4 members (excludes halogenated alkanes) is 4. The first kappa shape index (κ1) is 17.7. The lowest BCUT2D eigenvalue weighted by Gasteiger charge is -2.26. The van der Waals surface area contributed by atoms with Gasteiger partial charge in [0.15, 0.2) is 0 Å². The molecule has 0 aliphatic carbocycles. The molecular weight excluding hydrogens is 240 g/mol. The van der Waals surface area contributed by atoms with Crippen molar-refractivity contribution in [1.29, 1.82) is 0 Å². The number of rotatable bonds is 10. The summed E-state index contributed by atoms with van der Waals surface area (Å²) in [5, 5.41) is 0. The summed E-state index contributed by atoms with van der Waals surface area (Å²) in [6.07, 6.45) is 7.33. The Bertz CT molecular complexity index is 253. The molecule has 18 heavy (non-hydrogen) atoms. The molecule has 0 radical (unpaired) electrons. The van der Waals surface area contributed by atoms with Crippen molar-refractivity contribution in [1.82, 2.24) is 0 Å². The highest BCUT2D eigenvalue weighted by Gasteiger charge is 2.27. The van der Waals surface area contributed by atoms with Crippen LogP contribution in [-0.4, -0.2) is 21.3 Å². The van der Waals surface area contributed by atoms with Crippen LogP contribution in [-0.2, 0) is 8.85 Å². The van der Waals surface area contributed by atoms with Gasteiger partial charge in [-0.3, -0.25) is 0 Å². The summed E-state index contributed by atoms with van der Waals surface area (Å²) >= 11 is 0. The van der Waals surface area contributed by atoms with Crippen molar-refractivity contribution < 1.29 is 8.85 Å². The van der Waals surface area contributed by atoms with Gasteiger partial charge in [-0.2, -0.15) is 0 Å². The molecule has 0 rings (SSSR count). The van der Waals surface area contributed by atoms with Gasteiger partial charge < -0.3 is 8.85 Å². The van der Waals surface area contributed by atoms with Crippen LogP contribution in [0.1, 0.15) is 59.3 Å². The van der Waals surface area contributed by atoms with Crippen LogP contribution in [0.2, 0.25) is 13.1 Å². The molecule has 2 nitrogen and oxygen atoms in total. The fourth-order valence-electron chi connectivity index (χ4n) is 1.78. The molecule has 0 saturated heterocycles. The zero-order valence-corrected chi connectivity index (χ0v) is 13.8. The molecule has 0 saturated carbocycles. The molecule has 1 unspecified atom stereocenters. The first-order valence-corrected chi connectivity index (χ1v) is 10.1. The van der Waals surface area contributed by atoms with Crippen molar-refractivity contribution >= 4 is 8.56 Å². The van der Waals surface area contributed by atoms with Crippen molar-refractivity contribution in [3.8, 4) is 11.8 Å². The molecule has 106 valence electrons. The first-order valence-electron chi connectivity index (χ1n) is 7.29. The Labute approximate surface area is 115 Å². The predicted octanol–water partition coefficient (Wildman–Crippen LogP) is 4.49. The first-order chi connectivity index (χ1) is 8.55. The zero-order chi connectivity index (χ0) is 13.9. The minimum absolute atomic E-state index is 0.0387. The quantitative estimate of drug-likeness (QED) is 0.331. The van der Waals surface area contributed by atoms with E-state index in [0.29, 0.717) is 0 Å². The summed E-state index contributed by atoms with van der Waals surface area (Å²) in [5.74, 6) is 6.01. The van der Waals surface area contributed by atoms with Gasteiger partial charge in [0.05, 0.1) is 0 Å². The summed E-state index contributed by atoms with van der Waals surface area (Å²) in [6.45, 7) is 11.2. The van der Waals surface area contributed by atoms with Gasteiger partial charge in [0.25, 0.3) is 0 Å². The highest BCUT2D eigenvalue weighted by Crippen LogP contribution is 2.13. The highest BCUT2D eigenvalue weighted by molar-refractivity contribution is 6.64. The third kappa shape index (κ3) is 9.70. The molecule has 3 heteroatoms. The third-order valence-electron chi connectivity index (χ3n) is 2.80. The van der Waals surface area contributed by atoms with Crippen molar-refractivity contribution in [2.24, 2.45) is 0 Å². The summed E-state index contributed by atoms with van der Waals surface area (Å²) in [6, 6.07) is 0. The second-order valence-electron chi connectivity index (χ2n) is 5.07. The Kier molecular flexibility index (Phi) is 10.4. The summed E-state index contributed by atoms with van der Waals surface area (Å²) < 4.78 is 11.9. The van der Waals surface area contributed by atoms with Crippen LogP contribution in [0.4, 0.5) is 0 Å². The Balaban J connectivity index is 3.80. The molecule has 0 aromatic carbocycles. The van der Waals surface area contributed by atoms with Crippen LogP contribution in [0.3, 0.4) is 0 Å². The maximum atomic E-state index is 6.00. The molecule has 0 aromatic rings. The van der Waals surface area contributed by atoms with Gasteiger partial charge in [0.1, 0.15) is 6.10 Å². The average Bonchev–Trinajstić information content (AvgIpc) is 2.32. The second-order valence-corrected chi connectivity index (χ2v) is 8.40. The monoisotopic (exact) mass is 270 g/mol. The van der Waals surface area contributed by atoms with E-state index in [0.717, 1.165) is 19.4 Å². The van der Waals surface area contributed by atoms with Gasteiger partial charge in [-0.1, -0.05) is 45.5 Å². The van der Waals surface area contributed by atoms with E-state index in [4.69, 9.17) is 8.85 Å². The lowest BCUT2D eigenvalue weighted by Crippen LogP contribution is -2.38. The molecule has 0 aliphatic rings. The van der Waals surface area contributed by atoms with Crippen LogP contribution in [0.15, 0.2) is 0 Å². The van der Waals surface area contributed by atoms with Crippen LogP contribution in [0.5, 0.6) is 0 Å². The number of hydrogen-bond donors (Lipinski definition) is 0. The summed E-state index contributed by atoms with van der Waals surface area (Å²) in [5.41, 5.74) is 0. The molecule has 0 spiro atoms. The topological polar surface area (TPSA) is 18.5 Å². The summed E-state index contributed by atoms with van der Waals surface area (Å²) in [7, 11) is -2.00. The number of hydrogen-bond acceptors (Lipinski definition) is 2. The van der Waals surface area contributed by atoms with Gasteiger partial charge in [0, 0.05) is 6.61 Å². The van der Waals surface area contributed by atoms with Gasteiger partial charge in [0.2, 0.25) is 0 Å². The molecule has 1 atom stereocenters. The van der Waals surface area contributed by atoms with E-state index in [1.54, 1.807) is 0 Å². The molecule has 0 aliphatic heterocycles. The van der Waals surface area contributed by atoms with E-state index >= 15 is 0 Å². The SMILES string of the molecule is CC#CC(CC)O[Si](C)(C)OCCCCCCC. The minimum Gasteiger partial charge on any atom is -0.394 e. The predicted molar refractivity (Wildman–Crippen MR) is 80.8 cm³/mol. The molecule has 0 fully saturated rings. The highest BCUT2D eigenvalue weighted by atomic mass is 28.4. The van der Waals surface area contributed by atoms with E-state index in [-0.39, 0.29) is 6.10 Å². The summed E-state index contributed by atoms with van der Waals surface area (Å²) in [4.78, 5) is 0. The fourth-order valence-corrected chi connectivity index (χ4v) is 3.39. The second kappa shape index (κ2) is 10.6. The van der Waals surface area contributed by atoms with Gasteiger partial charge in [-0.05, 0) is 32.9 Å². The molecular formula is C15H30O2Si. The van der Waals surface area contributed by atoms with Crippen molar-refractivity contribution in [2.75, 3.05) is 6.61 Å². The molecule has 0 amide bonds. The smallest absolute Gasteiger partial charge is 0.332 e. The normalized spacial score (nSPS) is 12.9. The van der Waals surface area contributed by atoms with Crippen LogP contribution < -0.4 is 0 Å². The van der Waals surface area contributed by atoms with E-state index < -0.39 is 8.56 Å². The fraction of sp³-hybridized carbons (Fsp3) is 0.867. The van der Waals surface area contributed by atoms with Crippen molar-refractivity contribution in [3.05, 3.63) is 0 Å². The van der Waals surface area contributed by atoms with Gasteiger partial charge in [-0.15, -0.1) is 5.92 Å². The Hall–Kier alpha value is -0.303. The van der Waals surface area contributed by atoms with Gasteiger partial charge in [-0.25, -0.2) is 0 Å². The van der Waals surface area contributed by atoms with E-state index in [1.165, 1.54) is 25.7 Å². The molecule has 0 N–H and O–H groups in total. The third-order valence-corrected chi connectivity index (χ3v) is 4.55. The Morgan fingerprint density at radius 1 is 1.06 bits per heavy atom. The van der Waals surface area contributed by atoms with E-state index in [1.807, 2.05) is 6.92 Å². The Morgan fingerprint density at radius 3 is 2.28 bits per heavy atom. The van der Waals surface area contributed by atoms with Crippen molar-refractivity contribution in [3.63, 3.8) is 0 Å². The maximum absolute atomic E-state index is 6.00. The molecule has 0 bridgehead atoms. The van der Waals surface area contributed by atoms with Crippen molar-refractivity contribution in [2.45, 2.75) is 78.5 Å². The Morgan fingerprint density at radius 2 is 1.72 bits per heavy atom. The molecule has 0 aromatic heterocycles. The van der Waals surface area contributed by atoms with Crippen LogP contribution >= 0.6 is 0 Å². The lowest BCUT2D eigenvalue weighted by molar-refractivity contribution is 0.146. The van der Waals surface area contributed by atoms with E-state index in [9.17, 15) is 0 Å². The standard InChI is InChI=1S/C15H30O2Si/c1-6-9-10-11-12-14-16-18(4,5)17-15(8-3)13-7-2/h15H,6,8-12,14H2,1-5H3. The average molecular weight is 270 g/mol. The van der Waals surface area contributed by atoms with Crippen LogP contribution in [0.25, 0.3) is 0 Å². The van der Waals surface area contributed by atoms with Gasteiger partial charge >= 0.3 is 8.56 Å². The van der Waals surface area contributed by atoms with E-state index in [2.05, 4.69) is 38.8 Å². The largest absolute Gasteiger partial charge is 0.394 e. The zero-order valence-electron chi connectivity index (χ0n) is 12.8.